The molecule has 0 bridgehead atoms. The summed E-state index contributed by atoms with van der Waals surface area (Å²) in [5, 5.41) is 4.89. The van der Waals surface area contributed by atoms with E-state index >= 15 is 0 Å². The van der Waals surface area contributed by atoms with Gasteiger partial charge in [-0.2, -0.15) is 0 Å². The zero-order valence-electron chi connectivity index (χ0n) is 16.1. The van der Waals surface area contributed by atoms with Crippen molar-refractivity contribution in [1.29, 1.82) is 0 Å². The van der Waals surface area contributed by atoms with Crippen molar-refractivity contribution in [2.45, 2.75) is 38.6 Å². The van der Waals surface area contributed by atoms with Crippen molar-refractivity contribution in [2.75, 3.05) is 18.1 Å². The number of carbonyl (C=O) groups is 5. The second-order valence-corrected chi connectivity index (χ2v) is 7.29. The molecule has 1 heterocycles. The number of ether oxygens (including phenoxy) is 1. The number of nitrogens with zero attached hydrogens (tertiary/aromatic N) is 1. The molecule has 2 atom stereocenters. The van der Waals surface area contributed by atoms with Crippen molar-refractivity contribution in [2.24, 2.45) is 5.92 Å². The number of ketones is 1. The Morgan fingerprint density at radius 3 is 2.62 bits per heavy atom. The third-order valence-electron chi connectivity index (χ3n) is 5.21. The van der Waals surface area contributed by atoms with Gasteiger partial charge >= 0.3 is 12.0 Å². The third kappa shape index (κ3) is 4.79. The minimum Gasteiger partial charge on any atom is -0.454 e. The lowest BCUT2D eigenvalue weighted by atomic mass is 9.86. The van der Waals surface area contributed by atoms with Crippen LogP contribution in [-0.4, -0.2) is 48.8 Å². The minimum absolute atomic E-state index is 0.0119. The minimum atomic E-state index is -0.862. The van der Waals surface area contributed by atoms with E-state index in [2.05, 4.69) is 17.6 Å². The van der Waals surface area contributed by atoms with Crippen LogP contribution in [0.1, 0.15) is 43.0 Å². The summed E-state index contributed by atoms with van der Waals surface area (Å²) in [6.07, 6.45) is 4.05. The largest absolute Gasteiger partial charge is 0.454 e. The highest BCUT2D eigenvalue weighted by Crippen LogP contribution is 2.28. The number of para-hydroxylation sites is 1. The molecule has 9 heteroatoms. The van der Waals surface area contributed by atoms with E-state index in [0.717, 1.165) is 30.6 Å². The van der Waals surface area contributed by atoms with Crippen molar-refractivity contribution in [3.63, 3.8) is 0 Å². The molecule has 4 amide bonds. The Hall–Kier alpha value is -3.23. The summed E-state index contributed by atoms with van der Waals surface area (Å²) in [5.41, 5.74) is 0.543. The van der Waals surface area contributed by atoms with Gasteiger partial charge in [0.1, 0.15) is 6.54 Å². The van der Waals surface area contributed by atoms with E-state index in [4.69, 9.17) is 4.74 Å². The highest BCUT2D eigenvalue weighted by molar-refractivity contribution is 6.52. The molecule has 2 aliphatic rings. The normalized spacial score (nSPS) is 20.8. The number of urea groups is 1. The average Bonchev–Trinajstić information content (AvgIpc) is 2.93. The van der Waals surface area contributed by atoms with E-state index in [1.807, 2.05) is 0 Å². The first-order valence-corrected chi connectivity index (χ1v) is 9.58. The van der Waals surface area contributed by atoms with Gasteiger partial charge in [0.25, 0.3) is 17.6 Å². The van der Waals surface area contributed by atoms with Gasteiger partial charge in [0.2, 0.25) is 0 Å². The lowest BCUT2D eigenvalue weighted by Gasteiger charge is -2.29. The Kier molecular flexibility index (Phi) is 6.26. The number of fused-ring (bicyclic) bond motifs is 1. The van der Waals surface area contributed by atoms with Crippen LogP contribution in [0.2, 0.25) is 0 Å². The van der Waals surface area contributed by atoms with E-state index in [-0.39, 0.29) is 11.6 Å². The van der Waals surface area contributed by atoms with E-state index < -0.39 is 42.7 Å². The molecule has 0 aromatic heterocycles. The van der Waals surface area contributed by atoms with Crippen LogP contribution in [0.15, 0.2) is 24.3 Å². The fourth-order valence-electron chi connectivity index (χ4n) is 3.62. The predicted molar refractivity (Wildman–Crippen MR) is 102 cm³/mol. The topological polar surface area (TPSA) is 122 Å². The second kappa shape index (κ2) is 8.85. The molecule has 3 rings (SSSR count). The van der Waals surface area contributed by atoms with Gasteiger partial charge in [0.15, 0.2) is 6.61 Å². The van der Waals surface area contributed by atoms with Gasteiger partial charge in [-0.25, -0.2) is 4.79 Å². The first-order chi connectivity index (χ1) is 13.9. The molecule has 0 radical (unpaired) electrons. The van der Waals surface area contributed by atoms with Crippen LogP contribution in [0.5, 0.6) is 0 Å². The van der Waals surface area contributed by atoms with Crippen LogP contribution in [0.3, 0.4) is 0 Å². The second-order valence-electron chi connectivity index (χ2n) is 7.29. The smallest absolute Gasteiger partial charge is 0.326 e. The molecule has 1 aromatic carbocycles. The van der Waals surface area contributed by atoms with Gasteiger partial charge in [0.05, 0.1) is 11.3 Å². The number of amides is 4. The van der Waals surface area contributed by atoms with Crippen LogP contribution in [-0.2, 0) is 19.1 Å². The average molecular weight is 401 g/mol. The highest BCUT2D eigenvalue weighted by Gasteiger charge is 2.36. The van der Waals surface area contributed by atoms with Crippen LogP contribution in [0.25, 0.3) is 0 Å². The standard InChI is InChI=1S/C20H23N3O6/c1-12-6-2-4-8-14(12)21-20(28)22-16(24)11-29-17(25)10-23-15-9-5-3-7-13(15)18(26)19(23)27/h3,5,7,9,12,14H,2,4,6,8,10-11H2,1H3,(H2,21,22,24,28)/t12-,14-/m0/s1. The number of nitrogens with one attached hydrogen (secondary N) is 2. The molecule has 1 aliphatic heterocycles. The number of esters is 1. The summed E-state index contributed by atoms with van der Waals surface area (Å²) in [5.74, 6) is -2.82. The number of hydrogen-bond donors (Lipinski definition) is 2. The summed E-state index contributed by atoms with van der Waals surface area (Å²) >= 11 is 0. The molecule has 1 aromatic rings. The van der Waals surface area contributed by atoms with Gasteiger partial charge in [0, 0.05) is 6.04 Å². The van der Waals surface area contributed by atoms with E-state index in [1.165, 1.54) is 6.07 Å². The Morgan fingerprint density at radius 1 is 1.14 bits per heavy atom. The summed E-state index contributed by atoms with van der Waals surface area (Å²) < 4.78 is 4.84. The zero-order valence-corrected chi connectivity index (χ0v) is 16.1. The Balaban J connectivity index is 1.44. The van der Waals surface area contributed by atoms with E-state index in [1.54, 1.807) is 18.2 Å². The number of anilines is 1. The summed E-state index contributed by atoms with van der Waals surface area (Å²) in [6, 6.07) is 5.70. The lowest BCUT2D eigenvalue weighted by Crippen LogP contribution is -2.48. The molecule has 0 spiro atoms. The van der Waals surface area contributed by atoms with Crippen molar-refractivity contribution < 1.29 is 28.7 Å². The molecular formula is C20H23N3O6. The van der Waals surface area contributed by atoms with Crippen molar-refractivity contribution >= 4 is 35.3 Å². The van der Waals surface area contributed by atoms with Crippen LogP contribution >= 0.6 is 0 Å². The maximum atomic E-state index is 12.0. The number of carbonyl (C=O) groups excluding carboxylic acids is 5. The van der Waals surface area contributed by atoms with E-state index in [0.29, 0.717) is 11.6 Å². The molecule has 2 N–H and O–H groups in total. The molecular weight excluding hydrogens is 378 g/mol. The van der Waals surface area contributed by atoms with Gasteiger partial charge in [-0.1, -0.05) is 31.9 Å². The molecule has 0 saturated heterocycles. The van der Waals surface area contributed by atoms with E-state index in [9.17, 15) is 24.0 Å². The summed E-state index contributed by atoms with van der Waals surface area (Å²) in [4.78, 5) is 60.7. The van der Waals surface area contributed by atoms with Crippen molar-refractivity contribution in [3.05, 3.63) is 29.8 Å². The molecule has 1 saturated carbocycles. The van der Waals surface area contributed by atoms with Gasteiger partial charge in [-0.05, 0) is 30.9 Å². The summed E-state index contributed by atoms with van der Waals surface area (Å²) in [6.45, 7) is 0.890. The van der Waals surface area contributed by atoms with Gasteiger partial charge in [-0.3, -0.25) is 29.4 Å². The number of hydrogen-bond acceptors (Lipinski definition) is 6. The van der Waals surface area contributed by atoms with Gasteiger partial charge in [-0.15, -0.1) is 0 Å². The number of imide groups is 1. The number of benzene rings is 1. The van der Waals surface area contributed by atoms with Crippen LogP contribution in [0, 0.1) is 5.92 Å². The highest BCUT2D eigenvalue weighted by atomic mass is 16.5. The Bertz CT molecular complexity index is 852. The maximum absolute atomic E-state index is 12.0. The Labute approximate surface area is 167 Å². The Morgan fingerprint density at radius 2 is 1.86 bits per heavy atom. The van der Waals surface area contributed by atoms with Crippen molar-refractivity contribution in [3.8, 4) is 0 Å². The molecule has 0 unspecified atom stereocenters. The molecule has 1 aliphatic carbocycles. The molecule has 154 valence electrons. The monoisotopic (exact) mass is 401 g/mol. The van der Waals surface area contributed by atoms with Crippen molar-refractivity contribution in [1.82, 2.24) is 10.6 Å². The molecule has 9 nitrogen and oxygen atoms in total. The van der Waals surface area contributed by atoms with Crippen LogP contribution < -0.4 is 15.5 Å². The quantitative estimate of drug-likeness (QED) is 0.564. The van der Waals surface area contributed by atoms with Crippen LogP contribution in [0.4, 0.5) is 10.5 Å². The number of rotatable bonds is 5. The molecule has 1 fully saturated rings. The molecule has 29 heavy (non-hydrogen) atoms. The first-order valence-electron chi connectivity index (χ1n) is 9.58. The predicted octanol–water partition coefficient (Wildman–Crippen LogP) is 1.16. The number of Topliss-reactive ketones (excluding diaryl/α,β-unsaturated/α-hetero) is 1. The zero-order chi connectivity index (χ0) is 21.0. The fourth-order valence-corrected chi connectivity index (χ4v) is 3.62. The lowest BCUT2D eigenvalue weighted by molar-refractivity contribution is -0.147. The first kappa shape index (κ1) is 20.5. The SMILES string of the molecule is C[C@H]1CCCC[C@@H]1NC(=O)NC(=O)COC(=O)CN1C(=O)C(=O)c2ccccc21. The summed E-state index contributed by atoms with van der Waals surface area (Å²) in [7, 11) is 0. The third-order valence-corrected chi connectivity index (χ3v) is 5.21. The fraction of sp³-hybridized carbons (Fsp3) is 0.450. The maximum Gasteiger partial charge on any atom is 0.326 e. The van der Waals surface area contributed by atoms with Gasteiger partial charge < -0.3 is 10.1 Å².